The molecule has 6 heteroatoms. The van der Waals surface area contributed by atoms with E-state index in [0.29, 0.717) is 4.90 Å². The predicted molar refractivity (Wildman–Crippen MR) is 62.7 cm³/mol. The molecule has 4 nitrogen and oxygen atoms in total. The first-order valence-corrected chi connectivity index (χ1v) is 5.75. The minimum Gasteiger partial charge on any atom is -0.316 e. The van der Waals surface area contributed by atoms with Crippen molar-refractivity contribution >= 4 is 22.4 Å². The Morgan fingerprint density at radius 3 is 2.07 bits per heavy atom. The number of hydrogen-bond donors (Lipinski definition) is 2. The maximum Gasteiger partial charge on any atom is 0.240 e. The van der Waals surface area contributed by atoms with Crippen molar-refractivity contribution in [3.05, 3.63) is 29.8 Å². The molecule has 1 aromatic rings. The van der Waals surface area contributed by atoms with Gasteiger partial charge in [-0.2, -0.15) is 0 Å². The first kappa shape index (κ1) is 14.4. The minimum absolute atomic E-state index is 0. The monoisotopic (exact) mass is 250 g/mol. The number of nitrogens with one attached hydrogen (secondary N) is 2. The third-order valence-corrected chi connectivity index (χ3v) is 3.31. The molecule has 0 bridgehead atoms. The van der Waals surface area contributed by atoms with Crippen molar-refractivity contribution in [2.75, 3.05) is 14.1 Å². The second kappa shape index (κ2) is 6.07. The van der Waals surface area contributed by atoms with Gasteiger partial charge in [0.2, 0.25) is 10.0 Å². The Balaban J connectivity index is 0.00000196. The van der Waals surface area contributed by atoms with Crippen molar-refractivity contribution in [2.45, 2.75) is 11.4 Å². The maximum atomic E-state index is 11.3. The number of benzene rings is 1. The molecule has 0 spiro atoms. The molecular weight excluding hydrogens is 236 g/mol. The summed E-state index contributed by atoms with van der Waals surface area (Å²) in [7, 11) is -0.0552. The Hall–Kier alpha value is -0.620. The highest BCUT2D eigenvalue weighted by atomic mass is 35.5. The second-order valence-electron chi connectivity index (χ2n) is 2.88. The lowest BCUT2D eigenvalue weighted by Gasteiger charge is -2.03. The average molecular weight is 251 g/mol. The van der Waals surface area contributed by atoms with Gasteiger partial charge in [-0.1, -0.05) is 12.1 Å². The Kier molecular flexibility index (Phi) is 5.82. The van der Waals surface area contributed by atoms with Crippen molar-refractivity contribution in [1.82, 2.24) is 10.0 Å². The quantitative estimate of drug-likeness (QED) is 0.829. The van der Waals surface area contributed by atoms with E-state index in [1.54, 1.807) is 24.3 Å². The highest BCUT2D eigenvalue weighted by molar-refractivity contribution is 7.89. The van der Waals surface area contributed by atoms with E-state index in [1.165, 1.54) is 7.05 Å². The number of halogens is 1. The SMILES string of the molecule is CNCc1ccc(S(=O)(=O)NC)cc1.Cl. The zero-order chi connectivity index (χ0) is 10.6. The van der Waals surface area contributed by atoms with Crippen LogP contribution >= 0.6 is 12.4 Å². The van der Waals surface area contributed by atoms with E-state index in [1.807, 2.05) is 7.05 Å². The third kappa shape index (κ3) is 3.79. The lowest BCUT2D eigenvalue weighted by atomic mass is 10.2. The van der Waals surface area contributed by atoms with E-state index in [4.69, 9.17) is 0 Å². The van der Waals surface area contributed by atoms with Gasteiger partial charge in [0, 0.05) is 6.54 Å². The van der Waals surface area contributed by atoms with Gasteiger partial charge in [-0.15, -0.1) is 12.4 Å². The van der Waals surface area contributed by atoms with Crippen LogP contribution in [0.2, 0.25) is 0 Å². The summed E-state index contributed by atoms with van der Waals surface area (Å²) < 4.78 is 25.0. The van der Waals surface area contributed by atoms with Gasteiger partial charge in [0.05, 0.1) is 4.90 Å². The van der Waals surface area contributed by atoms with E-state index < -0.39 is 10.0 Å². The normalized spacial score (nSPS) is 10.8. The molecule has 0 radical (unpaired) electrons. The average Bonchev–Trinajstić information content (AvgIpc) is 2.19. The summed E-state index contributed by atoms with van der Waals surface area (Å²) in [4.78, 5) is 0.292. The molecule has 0 aromatic heterocycles. The minimum atomic E-state index is -3.30. The Morgan fingerprint density at radius 1 is 1.13 bits per heavy atom. The fraction of sp³-hybridized carbons (Fsp3) is 0.333. The van der Waals surface area contributed by atoms with Gasteiger partial charge in [0.15, 0.2) is 0 Å². The number of sulfonamides is 1. The third-order valence-electron chi connectivity index (χ3n) is 1.88. The van der Waals surface area contributed by atoms with E-state index in [2.05, 4.69) is 10.0 Å². The fourth-order valence-electron chi connectivity index (χ4n) is 1.11. The summed E-state index contributed by atoms with van der Waals surface area (Å²) in [6, 6.07) is 6.78. The zero-order valence-corrected chi connectivity index (χ0v) is 10.3. The molecule has 0 aliphatic rings. The summed E-state index contributed by atoms with van der Waals surface area (Å²) in [5.74, 6) is 0. The lowest BCUT2D eigenvalue weighted by Crippen LogP contribution is -2.18. The van der Waals surface area contributed by atoms with Crippen LogP contribution in [0.3, 0.4) is 0 Å². The molecule has 15 heavy (non-hydrogen) atoms. The second-order valence-corrected chi connectivity index (χ2v) is 4.77. The van der Waals surface area contributed by atoms with Crippen molar-refractivity contribution in [3.63, 3.8) is 0 Å². The van der Waals surface area contributed by atoms with Gasteiger partial charge in [0.1, 0.15) is 0 Å². The molecule has 86 valence electrons. The van der Waals surface area contributed by atoms with Gasteiger partial charge in [-0.05, 0) is 31.8 Å². The Bertz CT molecular complexity index is 389. The molecule has 0 saturated carbocycles. The van der Waals surface area contributed by atoms with E-state index in [0.717, 1.165) is 12.1 Å². The molecular formula is C9H15ClN2O2S. The van der Waals surface area contributed by atoms with Crippen LogP contribution in [0.5, 0.6) is 0 Å². The molecule has 0 atom stereocenters. The van der Waals surface area contributed by atoms with Gasteiger partial charge >= 0.3 is 0 Å². The zero-order valence-electron chi connectivity index (χ0n) is 8.65. The Labute approximate surface area is 96.5 Å². The predicted octanol–water partition coefficient (Wildman–Crippen LogP) is 0.736. The number of rotatable bonds is 4. The van der Waals surface area contributed by atoms with Crippen LogP contribution in [-0.2, 0) is 16.6 Å². The lowest BCUT2D eigenvalue weighted by molar-refractivity contribution is 0.588. The molecule has 2 N–H and O–H groups in total. The molecule has 1 rings (SSSR count). The summed E-state index contributed by atoms with van der Waals surface area (Å²) in [6.07, 6.45) is 0. The van der Waals surface area contributed by atoms with Crippen LogP contribution in [0.25, 0.3) is 0 Å². The molecule has 0 amide bonds. The van der Waals surface area contributed by atoms with Crippen molar-refractivity contribution in [1.29, 1.82) is 0 Å². The van der Waals surface area contributed by atoms with Crippen LogP contribution in [0.15, 0.2) is 29.2 Å². The summed E-state index contributed by atoms with van der Waals surface area (Å²) in [5.41, 5.74) is 1.06. The van der Waals surface area contributed by atoms with E-state index in [-0.39, 0.29) is 12.4 Å². The van der Waals surface area contributed by atoms with Crippen molar-refractivity contribution in [2.24, 2.45) is 0 Å². The van der Waals surface area contributed by atoms with Gasteiger partial charge < -0.3 is 5.32 Å². The largest absolute Gasteiger partial charge is 0.316 e. The molecule has 1 aromatic carbocycles. The standard InChI is InChI=1S/C9H14N2O2S.ClH/c1-10-7-8-3-5-9(6-4-8)14(12,13)11-2;/h3-6,10-11H,7H2,1-2H3;1H. The van der Waals surface area contributed by atoms with Gasteiger partial charge in [-0.3, -0.25) is 0 Å². The molecule has 0 aliphatic heterocycles. The smallest absolute Gasteiger partial charge is 0.240 e. The van der Waals surface area contributed by atoms with Crippen LogP contribution in [0.1, 0.15) is 5.56 Å². The van der Waals surface area contributed by atoms with Gasteiger partial charge in [0.25, 0.3) is 0 Å². The maximum absolute atomic E-state index is 11.3. The van der Waals surface area contributed by atoms with Crippen LogP contribution in [-0.4, -0.2) is 22.5 Å². The first-order valence-electron chi connectivity index (χ1n) is 4.27. The van der Waals surface area contributed by atoms with E-state index >= 15 is 0 Å². The highest BCUT2D eigenvalue weighted by Gasteiger charge is 2.09. The van der Waals surface area contributed by atoms with Crippen LogP contribution in [0, 0.1) is 0 Å². The topological polar surface area (TPSA) is 58.2 Å². The summed E-state index contributed by atoms with van der Waals surface area (Å²) in [5, 5.41) is 2.99. The van der Waals surface area contributed by atoms with Crippen molar-refractivity contribution < 1.29 is 8.42 Å². The summed E-state index contributed by atoms with van der Waals surface area (Å²) in [6.45, 7) is 0.736. The Morgan fingerprint density at radius 2 is 1.67 bits per heavy atom. The van der Waals surface area contributed by atoms with Crippen molar-refractivity contribution in [3.8, 4) is 0 Å². The molecule has 0 aliphatic carbocycles. The van der Waals surface area contributed by atoms with E-state index in [9.17, 15) is 8.42 Å². The first-order chi connectivity index (χ1) is 6.60. The molecule has 0 heterocycles. The molecule has 0 unspecified atom stereocenters. The fourth-order valence-corrected chi connectivity index (χ4v) is 1.84. The highest BCUT2D eigenvalue weighted by Crippen LogP contribution is 2.09. The number of hydrogen-bond acceptors (Lipinski definition) is 3. The van der Waals surface area contributed by atoms with Gasteiger partial charge in [-0.25, -0.2) is 13.1 Å². The van der Waals surface area contributed by atoms with Crippen LogP contribution < -0.4 is 10.0 Å². The molecule has 0 saturated heterocycles. The molecule has 0 fully saturated rings. The summed E-state index contributed by atoms with van der Waals surface area (Å²) >= 11 is 0. The van der Waals surface area contributed by atoms with Crippen LogP contribution in [0.4, 0.5) is 0 Å².